The predicted octanol–water partition coefficient (Wildman–Crippen LogP) is 2.57. The Kier molecular flexibility index (Phi) is 4.15. The van der Waals surface area contributed by atoms with E-state index in [4.69, 9.17) is 4.42 Å². The minimum Gasteiger partial charge on any atom is -0.472 e. The van der Waals surface area contributed by atoms with Crippen LogP contribution in [0.5, 0.6) is 0 Å². The molecular weight excluding hydrogens is 307 g/mol. The zero-order chi connectivity index (χ0) is 15.5. The smallest absolute Gasteiger partial charge is 0.258 e. The minimum atomic E-state index is -0.632. The SMILES string of the molecule is O=C(Nc1ccccc1F)[C@H]1CSCN1C(=O)c1ccoc1. The molecule has 0 bridgehead atoms. The van der Waals surface area contributed by atoms with Crippen LogP contribution >= 0.6 is 11.8 Å². The molecule has 1 atom stereocenters. The highest BCUT2D eigenvalue weighted by Crippen LogP contribution is 2.25. The lowest BCUT2D eigenvalue weighted by molar-refractivity contribution is -0.119. The largest absolute Gasteiger partial charge is 0.472 e. The molecule has 3 rings (SSSR count). The Morgan fingerprint density at radius 2 is 2.14 bits per heavy atom. The second-order valence-electron chi connectivity index (χ2n) is 4.77. The lowest BCUT2D eigenvalue weighted by atomic mass is 10.2. The first kappa shape index (κ1) is 14.6. The molecule has 1 aromatic carbocycles. The fourth-order valence-electron chi connectivity index (χ4n) is 2.19. The molecular formula is C15H13FN2O3S. The van der Waals surface area contributed by atoms with Gasteiger partial charge in [0.25, 0.3) is 5.91 Å². The van der Waals surface area contributed by atoms with Crippen LogP contribution in [0.3, 0.4) is 0 Å². The number of halogens is 1. The Bertz CT molecular complexity index is 690. The van der Waals surface area contributed by atoms with Gasteiger partial charge in [-0.3, -0.25) is 9.59 Å². The zero-order valence-electron chi connectivity index (χ0n) is 11.5. The maximum atomic E-state index is 13.6. The molecule has 114 valence electrons. The monoisotopic (exact) mass is 320 g/mol. The van der Waals surface area contributed by atoms with Crippen molar-refractivity contribution in [1.82, 2.24) is 4.90 Å². The topological polar surface area (TPSA) is 62.6 Å². The first-order chi connectivity index (χ1) is 10.7. The third-order valence-electron chi connectivity index (χ3n) is 3.35. The van der Waals surface area contributed by atoms with Gasteiger partial charge in [-0.05, 0) is 18.2 Å². The normalized spacial score (nSPS) is 17.5. The molecule has 1 fully saturated rings. The van der Waals surface area contributed by atoms with E-state index in [9.17, 15) is 14.0 Å². The summed E-state index contributed by atoms with van der Waals surface area (Å²) in [4.78, 5) is 26.1. The van der Waals surface area contributed by atoms with Crippen molar-refractivity contribution in [3.63, 3.8) is 0 Å². The molecule has 0 radical (unpaired) electrons. The van der Waals surface area contributed by atoms with E-state index >= 15 is 0 Å². The van der Waals surface area contributed by atoms with Crippen LogP contribution in [0, 0.1) is 5.82 Å². The number of nitrogens with one attached hydrogen (secondary N) is 1. The van der Waals surface area contributed by atoms with Crippen molar-refractivity contribution < 1.29 is 18.4 Å². The van der Waals surface area contributed by atoms with Crippen LogP contribution < -0.4 is 5.32 Å². The average molecular weight is 320 g/mol. The van der Waals surface area contributed by atoms with Crippen molar-refractivity contribution in [2.75, 3.05) is 16.9 Å². The first-order valence-electron chi connectivity index (χ1n) is 6.63. The van der Waals surface area contributed by atoms with E-state index in [2.05, 4.69) is 5.32 Å². The molecule has 2 amide bonds. The molecule has 0 saturated carbocycles. The number of thioether (sulfide) groups is 1. The van der Waals surface area contributed by atoms with Gasteiger partial charge in [0.1, 0.15) is 18.1 Å². The summed E-state index contributed by atoms with van der Waals surface area (Å²) in [5.41, 5.74) is 0.506. The van der Waals surface area contributed by atoms with Crippen LogP contribution in [0.25, 0.3) is 0 Å². The second kappa shape index (κ2) is 6.23. The molecule has 0 spiro atoms. The summed E-state index contributed by atoms with van der Waals surface area (Å²) in [7, 11) is 0. The van der Waals surface area contributed by atoms with Crippen LogP contribution in [0.4, 0.5) is 10.1 Å². The zero-order valence-corrected chi connectivity index (χ0v) is 12.3. The van der Waals surface area contributed by atoms with Gasteiger partial charge in [0.05, 0.1) is 23.4 Å². The Labute approximate surface area is 130 Å². The Hall–Kier alpha value is -2.28. The number of rotatable bonds is 3. The van der Waals surface area contributed by atoms with E-state index in [1.165, 1.54) is 41.3 Å². The quantitative estimate of drug-likeness (QED) is 0.944. The number of hydrogen-bond acceptors (Lipinski definition) is 4. The highest BCUT2D eigenvalue weighted by molar-refractivity contribution is 7.99. The second-order valence-corrected chi connectivity index (χ2v) is 5.77. The Morgan fingerprint density at radius 1 is 1.32 bits per heavy atom. The van der Waals surface area contributed by atoms with Gasteiger partial charge in [0, 0.05) is 5.75 Å². The summed E-state index contributed by atoms with van der Waals surface area (Å²) < 4.78 is 18.5. The van der Waals surface area contributed by atoms with Crippen molar-refractivity contribution in [1.29, 1.82) is 0 Å². The van der Waals surface area contributed by atoms with E-state index < -0.39 is 17.8 Å². The maximum absolute atomic E-state index is 13.6. The highest BCUT2D eigenvalue weighted by Gasteiger charge is 2.35. The van der Waals surface area contributed by atoms with Gasteiger partial charge in [0.2, 0.25) is 5.91 Å². The third kappa shape index (κ3) is 2.85. The Morgan fingerprint density at radius 3 is 2.86 bits per heavy atom. The molecule has 0 unspecified atom stereocenters. The van der Waals surface area contributed by atoms with Crippen LogP contribution in [-0.4, -0.2) is 34.4 Å². The number of carbonyl (C=O) groups is 2. The third-order valence-corrected chi connectivity index (χ3v) is 4.36. The molecule has 5 nitrogen and oxygen atoms in total. The maximum Gasteiger partial charge on any atom is 0.258 e. The summed E-state index contributed by atoms with van der Waals surface area (Å²) in [6.07, 6.45) is 2.75. The molecule has 0 aliphatic carbocycles. The van der Waals surface area contributed by atoms with E-state index in [1.54, 1.807) is 18.2 Å². The fourth-order valence-corrected chi connectivity index (χ4v) is 3.34. The molecule has 7 heteroatoms. The van der Waals surface area contributed by atoms with Crippen LogP contribution in [-0.2, 0) is 4.79 Å². The van der Waals surface area contributed by atoms with Gasteiger partial charge in [-0.25, -0.2) is 4.39 Å². The average Bonchev–Trinajstić information content (AvgIpc) is 3.20. The number of furan rings is 1. The van der Waals surface area contributed by atoms with E-state index in [1.807, 2.05) is 0 Å². The Balaban J connectivity index is 1.74. The first-order valence-corrected chi connectivity index (χ1v) is 7.78. The molecule has 2 aromatic rings. The van der Waals surface area contributed by atoms with Crippen molar-refractivity contribution in [3.8, 4) is 0 Å². The van der Waals surface area contributed by atoms with Gasteiger partial charge < -0.3 is 14.6 Å². The van der Waals surface area contributed by atoms with E-state index in [-0.39, 0.29) is 11.6 Å². The van der Waals surface area contributed by atoms with Crippen LogP contribution in [0.15, 0.2) is 47.3 Å². The van der Waals surface area contributed by atoms with Gasteiger partial charge in [0.15, 0.2) is 0 Å². The summed E-state index contributed by atoms with van der Waals surface area (Å²) >= 11 is 1.48. The number of amides is 2. The standard InChI is InChI=1S/C15H13FN2O3S/c16-11-3-1-2-4-12(11)17-14(19)13-8-22-9-18(13)15(20)10-5-6-21-7-10/h1-7,13H,8-9H2,(H,17,19)/t13-/m1/s1. The molecule has 22 heavy (non-hydrogen) atoms. The number of anilines is 1. The minimum absolute atomic E-state index is 0.111. The van der Waals surface area contributed by atoms with E-state index in [0.717, 1.165) is 0 Å². The fraction of sp³-hybridized carbons (Fsp3) is 0.200. The lowest BCUT2D eigenvalue weighted by Crippen LogP contribution is -2.44. The van der Waals surface area contributed by atoms with Gasteiger partial charge in [-0.2, -0.15) is 0 Å². The van der Waals surface area contributed by atoms with Gasteiger partial charge >= 0.3 is 0 Å². The number of hydrogen-bond donors (Lipinski definition) is 1. The van der Waals surface area contributed by atoms with Crippen molar-refractivity contribution in [2.45, 2.75) is 6.04 Å². The van der Waals surface area contributed by atoms with E-state index in [0.29, 0.717) is 17.2 Å². The van der Waals surface area contributed by atoms with Crippen molar-refractivity contribution in [2.24, 2.45) is 0 Å². The molecule has 1 aromatic heterocycles. The molecule has 2 heterocycles. The molecule has 1 aliphatic rings. The number of benzene rings is 1. The van der Waals surface area contributed by atoms with Gasteiger partial charge in [-0.15, -0.1) is 11.8 Å². The summed E-state index contributed by atoms with van der Waals surface area (Å²) in [6, 6.07) is 6.86. The summed E-state index contributed by atoms with van der Waals surface area (Å²) in [6.45, 7) is 0. The number of nitrogens with zero attached hydrogens (tertiary/aromatic N) is 1. The lowest BCUT2D eigenvalue weighted by Gasteiger charge is -2.22. The predicted molar refractivity (Wildman–Crippen MR) is 81.0 cm³/mol. The van der Waals surface area contributed by atoms with Gasteiger partial charge in [-0.1, -0.05) is 12.1 Å². The molecule has 1 saturated heterocycles. The summed E-state index contributed by atoms with van der Waals surface area (Å²) in [5.74, 6) is -0.280. The molecule has 1 N–H and O–H groups in total. The highest BCUT2D eigenvalue weighted by atomic mass is 32.2. The molecule has 1 aliphatic heterocycles. The van der Waals surface area contributed by atoms with Crippen LogP contribution in [0.2, 0.25) is 0 Å². The van der Waals surface area contributed by atoms with Crippen molar-refractivity contribution in [3.05, 3.63) is 54.2 Å². The number of para-hydroxylation sites is 1. The van der Waals surface area contributed by atoms with Crippen molar-refractivity contribution >= 4 is 29.3 Å². The number of carbonyl (C=O) groups excluding carboxylic acids is 2. The summed E-state index contributed by atoms with van der Waals surface area (Å²) in [5, 5.41) is 2.54. The van der Waals surface area contributed by atoms with Crippen LogP contribution in [0.1, 0.15) is 10.4 Å².